The number of rotatable bonds is 2. The van der Waals surface area contributed by atoms with Gasteiger partial charge in [-0.15, -0.1) is 0 Å². The van der Waals surface area contributed by atoms with Crippen LogP contribution < -0.4 is 11.2 Å². The Kier molecular flexibility index (Phi) is 3.66. The Morgan fingerprint density at radius 3 is 2.61 bits per heavy atom. The lowest BCUT2D eigenvalue weighted by Gasteiger charge is -2.10. The van der Waals surface area contributed by atoms with Crippen LogP contribution in [0.25, 0.3) is 11.2 Å². The Balaban J connectivity index is 2.31. The van der Waals surface area contributed by atoms with Gasteiger partial charge in [0.05, 0.1) is 18.2 Å². The van der Waals surface area contributed by atoms with E-state index in [1.165, 1.54) is 11.6 Å². The molecule has 0 spiro atoms. The van der Waals surface area contributed by atoms with E-state index in [1.807, 2.05) is 12.1 Å². The number of nitriles is 1. The number of benzene rings is 1. The van der Waals surface area contributed by atoms with Gasteiger partial charge < -0.3 is 0 Å². The van der Waals surface area contributed by atoms with E-state index in [1.54, 1.807) is 23.7 Å². The molecule has 0 N–H and O–H groups in total. The largest absolute Gasteiger partial charge is 0.332 e. The average Bonchev–Trinajstić information content (AvgIpc) is 2.88. The first-order valence-electron chi connectivity index (χ1n) is 6.75. The van der Waals surface area contributed by atoms with Crippen molar-refractivity contribution >= 4 is 27.1 Å². The van der Waals surface area contributed by atoms with Crippen molar-refractivity contribution in [1.29, 1.82) is 5.26 Å². The summed E-state index contributed by atoms with van der Waals surface area (Å²) in [7, 11) is 3.01. The predicted molar refractivity (Wildman–Crippen MR) is 88.2 cm³/mol. The highest BCUT2D eigenvalue weighted by atomic mass is 79.9. The molecule has 3 rings (SSSR count). The molecule has 2 heterocycles. The zero-order valence-corrected chi connectivity index (χ0v) is 14.0. The van der Waals surface area contributed by atoms with E-state index in [-0.39, 0.29) is 5.52 Å². The minimum atomic E-state index is -0.448. The highest BCUT2D eigenvalue weighted by Crippen LogP contribution is 2.19. The zero-order valence-electron chi connectivity index (χ0n) is 12.4. The van der Waals surface area contributed by atoms with E-state index in [9.17, 15) is 14.9 Å². The van der Waals surface area contributed by atoms with Crippen molar-refractivity contribution < 1.29 is 0 Å². The van der Waals surface area contributed by atoms with Crippen molar-refractivity contribution in [2.75, 3.05) is 0 Å². The quantitative estimate of drug-likeness (QED) is 0.629. The van der Waals surface area contributed by atoms with Gasteiger partial charge in [0.1, 0.15) is 0 Å². The van der Waals surface area contributed by atoms with Gasteiger partial charge in [-0.2, -0.15) is 5.26 Å². The molecule has 0 aliphatic rings. The number of fused-ring (bicyclic) bond motifs is 1. The smallest absolute Gasteiger partial charge is 0.300 e. The van der Waals surface area contributed by atoms with Crippen LogP contribution in [-0.2, 0) is 20.6 Å². The van der Waals surface area contributed by atoms with E-state index in [0.717, 1.165) is 10.1 Å². The Hall–Kier alpha value is -2.66. The second-order valence-corrected chi connectivity index (χ2v) is 5.82. The lowest BCUT2D eigenvalue weighted by molar-refractivity contribution is 0.684. The van der Waals surface area contributed by atoms with Crippen molar-refractivity contribution in [1.82, 2.24) is 18.7 Å². The third-order valence-corrected chi connectivity index (χ3v) is 4.36. The summed E-state index contributed by atoms with van der Waals surface area (Å²) < 4.78 is 4.53. The van der Waals surface area contributed by atoms with E-state index < -0.39 is 11.2 Å². The normalized spacial score (nSPS) is 10.9. The molecule has 116 valence electrons. The lowest BCUT2D eigenvalue weighted by Crippen LogP contribution is -2.37. The molecule has 0 saturated carbocycles. The maximum Gasteiger partial charge on any atom is 0.332 e. The molecule has 0 bridgehead atoms. The van der Waals surface area contributed by atoms with Gasteiger partial charge in [-0.05, 0) is 27.6 Å². The Morgan fingerprint density at radius 1 is 1.22 bits per heavy atom. The standard InChI is InChI=1S/C15H12BrN5O2/c1-19-12-11(13(22)20(2)15(19)23)18-14(16)21(12)8-10-6-4-3-5-9(10)7-17/h3-6H,8H2,1-2H3. The summed E-state index contributed by atoms with van der Waals surface area (Å²) in [5, 5.41) is 9.21. The molecule has 0 amide bonds. The van der Waals surface area contributed by atoms with Crippen molar-refractivity contribution in [3.8, 4) is 6.07 Å². The zero-order chi connectivity index (χ0) is 16.7. The van der Waals surface area contributed by atoms with Crippen molar-refractivity contribution in [3.63, 3.8) is 0 Å². The van der Waals surface area contributed by atoms with Crippen LogP contribution in [0.4, 0.5) is 0 Å². The molecule has 2 aromatic heterocycles. The van der Waals surface area contributed by atoms with Crippen LogP contribution in [-0.4, -0.2) is 18.7 Å². The highest BCUT2D eigenvalue weighted by Gasteiger charge is 2.18. The minimum absolute atomic E-state index is 0.205. The molecule has 0 radical (unpaired) electrons. The Bertz CT molecular complexity index is 1080. The van der Waals surface area contributed by atoms with Gasteiger partial charge in [0.2, 0.25) is 0 Å². The van der Waals surface area contributed by atoms with Crippen LogP contribution in [0.5, 0.6) is 0 Å². The third kappa shape index (κ3) is 2.29. The summed E-state index contributed by atoms with van der Waals surface area (Å²) in [5.41, 5.74) is 1.06. The van der Waals surface area contributed by atoms with Crippen molar-refractivity contribution in [2.45, 2.75) is 6.54 Å². The number of aromatic nitrogens is 4. The topological polar surface area (TPSA) is 85.6 Å². The molecule has 3 aromatic rings. The van der Waals surface area contributed by atoms with Gasteiger partial charge in [0.15, 0.2) is 15.9 Å². The molecule has 0 saturated heterocycles. The highest BCUT2D eigenvalue weighted by molar-refractivity contribution is 9.10. The van der Waals surface area contributed by atoms with Crippen LogP contribution in [0.3, 0.4) is 0 Å². The first kappa shape index (κ1) is 15.2. The van der Waals surface area contributed by atoms with Gasteiger partial charge in [-0.3, -0.25) is 18.5 Å². The molecule has 0 fully saturated rings. The van der Waals surface area contributed by atoms with Gasteiger partial charge in [0, 0.05) is 14.1 Å². The summed E-state index contributed by atoms with van der Waals surface area (Å²) in [4.78, 5) is 28.6. The Labute approximate surface area is 139 Å². The molecule has 1 aromatic carbocycles. The fourth-order valence-corrected chi connectivity index (χ4v) is 3.01. The molecule has 0 aliphatic carbocycles. The number of aryl methyl sites for hydroxylation is 1. The van der Waals surface area contributed by atoms with E-state index in [4.69, 9.17) is 0 Å². The molecule has 23 heavy (non-hydrogen) atoms. The first-order chi connectivity index (χ1) is 11.0. The third-order valence-electron chi connectivity index (χ3n) is 3.76. The maximum absolute atomic E-state index is 12.2. The number of imidazole rings is 1. The fraction of sp³-hybridized carbons (Fsp3) is 0.200. The molecule has 8 heteroatoms. The van der Waals surface area contributed by atoms with E-state index in [2.05, 4.69) is 27.0 Å². The monoisotopic (exact) mass is 373 g/mol. The van der Waals surface area contributed by atoms with Gasteiger partial charge in [-0.25, -0.2) is 9.78 Å². The minimum Gasteiger partial charge on any atom is -0.300 e. The van der Waals surface area contributed by atoms with Crippen molar-refractivity contribution in [3.05, 3.63) is 61.0 Å². The van der Waals surface area contributed by atoms with Crippen LogP contribution in [0.15, 0.2) is 38.6 Å². The molecule has 0 aliphatic heterocycles. The summed E-state index contributed by atoms with van der Waals surface area (Å²) in [6.45, 7) is 0.321. The van der Waals surface area contributed by atoms with Crippen LogP contribution in [0.1, 0.15) is 11.1 Å². The maximum atomic E-state index is 12.2. The molecule has 7 nitrogen and oxygen atoms in total. The summed E-state index contributed by atoms with van der Waals surface area (Å²) >= 11 is 3.34. The van der Waals surface area contributed by atoms with Crippen LogP contribution in [0, 0.1) is 11.3 Å². The number of halogens is 1. The second kappa shape index (κ2) is 5.52. The van der Waals surface area contributed by atoms with Crippen LogP contribution in [0.2, 0.25) is 0 Å². The van der Waals surface area contributed by atoms with E-state index in [0.29, 0.717) is 22.5 Å². The van der Waals surface area contributed by atoms with Gasteiger partial charge >= 0.3 is 5.69 Å². The summed E-state index contributed by atoms with van der Waals surface area (Å²) in [6.07, 6.45) is 0. The molecular weight excluding hydrogens is 362 g/mol. The van der Waals surface area contributed by atoms with Gasteiger partial charge in [0.25, 0.3) is 5.56 Å². The molecule has 0 unspecified atom stereocenters. The second-order valence-electron chi connectivity index (χ2n) is 5.11. The number of nitrogens with zero attached hydrogens (tertiary/aromatic N) is 5. The fourth-order valence-electron chi connectivity index (χ4n) is 2.54. The van der Waals surface area contributed by atoms with Crippen LogP contribution >= 0.6 is 15.9 Å². The van der Waals surface area contributed by atoms with E-state index >= 15 is 0 Å². The number of hydrogen-bond donors (Lipinski definition) is 0. The molecular formula is C15H12BrN5O2. The number of hydrogen-bond acceptors (Lipinski definition) is 4. The first-order valence-corrected chi connectivity index (χ1v) is 7.54. The lowest BCUT2D eigenvalue weighted by atomic mass is 10.1. The van der Waals surface area contributed by atoms with Gasteiger partial charge in [-0.1, -0.05) is 18.2 Å². The summed E-state index contributed by atoms with van der Waals surface area (Å²) in [6, 6.07) is 9.31. The Morgan fingerprint density at radius 2 is 1.91 bits per heavy atom. The van der Waals surface area contributed by atoms with Crippen molar-refractivity contribution in [2.24, 2.45) is 14.1 Å². The molecule has 0 atom stereocenters. The summed E-state index contributed by atoms with van der Waals surface area (Å²) in [5.74, 6) is 0. The SMILES string of the molecule is Cn1c(=O)c2nc(Br)n(Cc3ccccc3C#N)c2n(C)c1=O. The predicted octanol–water partition coefficient (Wildman–Crippen LogP) is 1.12. The average molecular weight is 374 g/mol.